The first kappa shape index (κ1) is 11.9. The molecule has 0 spiro atoms. The van der Waals surface area contributed by atoms with Crippen molar-refractivity contribution in [2.45, 2.75) is 19.4 Å². The number of fused-ring (bicyclic) bond motifs is 1. The van der Waals surface area contributed by atoms with Crippen LogP contribution in [-0.4, -0.2) is 24.6 Å². The van der Waals surface area contributed by atoms with Crippen molar-refractivity contribution in [2.75, 3.05) is 13.7 Å². The molecular weight excluding hydrogens is 214 g/mol. The molecule has 0 N–H and O–H groups in total. The summed E-state index contributed by atoms with van der Waals surface area (Å²) < 4.78 is 7.22. The van der Waals surface area contributed by atoms with Crippen LogP contribution in [-0.2, 0) is 11.3 Å². The number of carbonyl (C=O) groups excluding carboxylic acids is 1. The number of nitrogens with zero attached hydrogens (tertiary/aromatic N) is 1. The lowest BCUT2D eigenvalue weighted by Crippen LogP contribution is -1.98. The number of benzene rings is 1. The van der Waals surface area contributed by atoms with Gasteiger partial charge in [-0.15, -0.1) is 0 Å². The van der Waals surface area contributed by atoms with Crippen molar-refractivity contribution >= 4 is 17.2 Å². The van der Waals surface area contributed by atoms with E-state index in [1.54, 1.807) is 7.11 Å². The Balaban J connectivity index is 2.16. The van der Waals surface area contributed by atoms with Gasteiger partial charge in [0.05, 0.1) is 0 Å². The summed E-state index contributed by atoms with van der Waals surface area (Å²) in [6.45, 7) is 1.77. The Morgan fingerprint density at radius 2 is 2.18 bits per heavy atom. The topological polar surface area (TPSA) is 31.2 Å². The van der Waals surface area contributed by atoms with Crippen LogP contribution in [0.15, 0.2) is 30.5 Å². The molecule has 0 radical (unpaired) electrons. The summed E-state index contributed by atoms with van der Waals surface area (Å²) in [6, 6.07) is 7.84. The molecule has 0 bridgehead atoms. The zero-order valence-electron chi connectivity index (χ0n) is 10.1. The van der Waals surface area contributed by atoms with Crippen LogP contribution >= 0.6 is 0 Å². The largest absolute Gasteiger partial charge is 0.385 e. The summed E-state index contributed by atoms with van der Waals surface area (Å²) in [5.41, 5.74) is 1.89. The van der Waals surface area contributed by atoms with Crippen molar-refractivity contribution in [1.29, 1.82) is 0 Å². The SMILES string of the molecule is COCCCCn1ccc2c(C=O)cccc21. The summed E-state index contributed by atoms with van der Waals surface area (Å²) >= 11 is 0. The first-order valence-corrected chi connectivity index (χ1v) is 5.89. The number of aryl methyl sites for hydroxylation is 1. The highest BCUT2D eigenvalue weighted by atomic mass is 16.5. The van der Waals surface area contributed by atoms with Crippen LogP contribution in [0.2, 0.25) is 0 Å². The van der Waals surface area contributed by atoms with Gasteiger partial charge in [-0.2, -0.15) is 0 Å². The van der Waals surface area contributed by atoms with Gasteiger partial charge in [0.15, 0.2) is 6.29 Å². The molecule has 3 nitrogen and oxygen atoms in total. The fourth-order valence-corrected chi connectivity index (χ4v) is 2.07. The van der Waals surface area contributed by atoms with Crippen molar-refractivity contribution in [3.63, 3.8) is 0 Å². The molecule has 0 aliphatic carbocycles. The molecule has 2 rings (SSSR count). The highest BCUT2D eigenvalue weighted by molar-refractivity contribution is 5.97. The third-order valence-electron chi connectivity index (χ3n) is 2.97. The number of hydrogen-bond donors (Lipinski definition) is 0. The van der Waals surface area contributed by atoms with Gasteiger partial charge >= 0.3 is 0 Å². The number of ether oxygens (including phenoxy) is 1. The van der Waals surface area contributed by atoms with Gasteiger partial charge in [0.2, 0.25) is 0 Å². The number of methoxy groups -OCH3 is 1. The van der Waals surface area contributed by atoms with E-state index >= 15 is 0 Å². The Kier molecular flexibility index (Phi) is 3.94. The van der Waals surface area contributed by atoms with E-state index in [2.05, 4.69) is 10.6 Å². The molecule has 0 atom stereocenters. The molecule has 1 aromatic heterocycles. The first-order valence-electron chi connectivity index (χ1n) is 5.89. The normalized spacial score (nSPS) is 10.9. The maximum absolute atomic E-state index is 10.9. The summed E-state index contributed by atoms with van der Waals surface area (Å²) in [5.74, 6) is 0. The van der Waals surface area contributed by atoms with Crippen molar-refractivity contribution in [3.8, 4) is 0 Å². The van der Waals surface area contributed by atoms with Crippen molar-refractivity contribution in [1.82, 2.24) is 4.57 Å². The van der Waals surface area contributed by atoms with Crippen LogP contribution in [0.5, 0.6) is 0 Å². The average molecular weight is 231 g/mol. The minimum absolute atomic E-state index is 0.762. The number of hydrogen-bond acceptors (Lipinski definition) is 2. The molecule has 90 valence electrons. The molecule has 0 saturated carbocycles. The molecule has 0 amide bonds. The van der Waals surface area contributed by atoms with Crippen LogP contribution < -0.4 is 0 Å². The number of aldehydes is 1. The van der Waals surface area contributed by atoms with Crippen LogP contribution in [0.1, 0.15) is 23.2 Å². The van der Waals surface area contributed by atoms with Crippen molar-refractivity contribution < 1.29 is 9.53 Å². The molecule has 17 heavy (non-hydrogen) atoms. The molecule has 0 saturated heterocycles. The standard InChI is InChI=1S/C14H17NO2/c1-17-10-3-2-8-15-9-7-13-12(11-16)5-4-6-14(13)15/h4-7,9,11H,2-3,8,10H2,1H3. The maximum atomic E-state index is 10.9. The van der Waals surface area contributed by atoms with Gasteiger partial charge in [0.1, 0.15) is 0 Å². The molecular formula is C14H17NO2. The summed E-state index contributed by atoms with van der Waals surface area (Å²) in [4.78, 5) is 10.9. The van der Waals surface area contributed by atoms with Gasteiger partial charge in [0, 0.05) is 42.9 Å². The number of unbranched alkanes of at least 4 members (excludes halogenated alkanes) is 1. The third-order valence-corrected chi connectivity index (χ3v) is 2.97. The van der Waals surface area contributed by atoms with Gasteiger partial charge in [-0.3, -0.25) is 4.79 Å². The number of rotatable bonds is 6. The molecule has 0 fully saturated rings. The lowest BCUT2D eigenvalue weighted by molar-refractivity contribution is 0.112. The number of aromatic nitrogens is 1. The van der Waals surface area contributed by atoms with E-state index < -0.39 is 0 Å². The van der Waals surface area contributed by atoms with Gasteiger partial charge in [-0.1, -0.05) is 12.1 Å². The van der Waals surface area contributed by atoms with E-state index in [0.29, 0.717) is 0 Å². The second kappa shape index (κ2) is 5.64. The van der Waals surface area contributed by atoms with Crippen LogP contribution in [0.3, 0.4) is 0 Å². The molecule has 0 unspecified atom stereocenters. The Morgan fingerprint density at radius 1 is 1.29 bits per heavy atom. The second-order valence-electron chi connectivity index (χ2n) is 4.11. The Morgan fingerprint density at radius 3 is 2.94 bits per heavy atom. The number of carbonyl (C=O) groups is 1. The monoisotopic (exact) mass is 231 g/mol. The van der Waals surface area contributed by atoms with Gasteiger partial charge in [-0.05, 0) is 25.0 Å². The molecule has 3 heteroatoms. The zero-order valence-corrected chi connectivity index (χ0v) is 10.1. The minimum Gasteiger partial charge on any atom is -0.385 e. The Bertz CT molecular complexity index is 502. The highest BCUT2D eigenvalue weighted by Gasteiger charge is 2.04. The van der Waals surface area contributed by atoms with Crippen molar-refractivity contribution in [3.05, 3.63) is 36.0 Å². The maximum Gasteiger partial charge on any atom is 0.150 e. The fourth-order valence-electron chi connectivity index (χ4n) is 2.07. The molecule has 2 aromatic rings. The summed E-state index contributed by atoms with van der Waals surface area (Å²) in [7, 11) is 1.72. The van der Waals surface area contributed by atoms with E-state index in [9.17, 15) is 4.79 Å². The van der Waals surface area contributed by atoms with Crippen molar-refractivity contribution in [2.24, 2.45) is 0 Å². The lowest BCUT2D eigenvalue weighted by Gasteiger charge is -2.05. The van der Waals surface area contributed by atoms with E-state index in [4.69, 9.17) is 4.74 Å². The van der Waals surface area contributed by atoms with Crippen LogP contribution in [0, 0.1) is 0 Å². The average Bonchev–Trinajstić information content (AvgIpc) is 2.78. The van der Waals surface area contributed by atoms with Gasteiger partial charge in [-0.25, -0.2) is 0 Å². The van der Waals surface area contributed by atoms with E-state index in [1.165, 1.54) is 0 Å². The van der Waals surface area contributed by atoms with Crippen LogP contribution in [0.4, 0.5) is 0 Å². The summed E-state index contributed by atoms with van der Waals surface area (Å²) in [5, 5.41) is 1.04. The van der Waals surface area contributed by atoms with E-state index in [1.807, 2.05) is 24.4 Å². The van der Waals surface area contributed by atoms with Gasteiger partial charge in [0.25, 0.3) is 0 Å². The Labute approximate surface area is 101 Å². The third kappa shape index (κ3) is 2.56. The van der Waals surface area contributed by atoms with E-state index in [-0.39, 0.29) is 0 Å². The second-order valence-corrected chi connectivity index (χ2v) is 4.11. The molecule has 0 aliphatic heterocycles. The van der Waals surface area contributed by atoms with Gasteiger partial charge < -0.3 is 9.30 Å². The zero-order chi connectivity index (χ0) is 12.1. The quantitative estimate of drug-likeness (QED) is 0.565. The predicted octanol–water partition coefficient (Wildman–Crippen LogP) is 2.88. The van der Waals surface area contributed by atoms with Crippen LogP contribution in [0.25, 0.3) is 10.9 Å². The fraction of sp³-hybridized carbons (Fsp3) is 0.357. The molecule has 0 aliphatic rings. The molecule has 1 heterocycles. The highest BCUT2D eigenvalue weighted by Crippen LogP contribution is 2.19. The smallest absolute Gasteiger partial charge is 0.150 e. The first-order chi connectivity index (χ1) is 8.36. The Hall–Kier alpha value is -1.61. The molecule has 1 aromatic carbocycles. The predicted molar refractivity (Wildman–Crippen MR) is 68.4 cm³/mol. The summed E-state index contributed by atoms with van der Waals surface area (Å²) in [6.07, 6.45) is 5.11. The lowest BCUT2D eigenvalue weighted by atomic mass is 10.1. The minimum atomic E-state index is 0.762. The van der Waals surface area contributed by atoms with E-state index in [0.717, 1.165) is 48.7 Å².